The van der Waals surface area contributed by atoms with Gasteiger partial charge in [0.1, 0.15) is 0 Å². The van der Waals surface area contributed by atoms with Crippen LogP contribution in [0.25, 0.3) is 0 Å². The van der Waals surface area contributed by atoms with Gasteiger partial charge in [-0.05, 0) is 35.1 Å². The van der Waals surface area contributed by atoms with Crippen LogP contribution in [0.2, 0.25) is 0 Å². The molecule has 0 saturated carbocycles. The number of rotatable bonds is 13. The first-order valence-electron chi connectivity index (χ1n) is 13.1. The van der Waals surface area contributed by atoms with Gasteiger partial charge in [-0.1, -0.05) is 134 Å². The Morgan fingerprint density at radius 2 is 0.583 bits per heavy atom. The Morgan fingerprint density at radius 3 is 0.806 bits per heavy atom. The molecule has 4 rings (SSSR count). The minimum atomic E-state index is -0.820. The molecular formula is C34H38O2. The van der Waals surface area contributed by atoms with Crippen LogP contribution in [0.3, 0.4) is 0 Å². The van der Waals surface area contributed by atoms with Crippen molar-refractivity contribution in [3.05, 3.63) is 144 Å². The second kappa shape index (κ2) is 12.7. The van der Waals surface area contributed by atoms with Crippen molar-refractivity contribution in [3.63, 3.8) is 0 Å². The lowest BCUT2D eigenvalue weighted by Gasteiger charge is -2.31. The Morgan fingerprint density at radius 1 is 0.361 bits per heavy atom. The predicted octanol–water partition coefficient (Wildman–Crippen LogP) is 6.98. The summed E-state index contributed by atoms with van der Waals surface area (Å²) >= 11 is 0. The normalized spacial score (nSPS) is 11.9. The molecule has 0 saturated heterocycles. The van der Waals surface area contributed by atoms with Crippen LogP contribution in [-0.4, -0.2) is 21.4 Å². The molecule has 0 spiro atoms. The molecule has 0 aliphatic heterocycles. The molecule has 36 heavy (non-hydrogen) atoms. The molecule has 0 fully saturated rings. The highest BCUT2D eigenvalue weighted by Gasteiger charge is 2.30. The van der Waals surface area contributed by atoms with Crippen molar-refractivity contribution in [2.75, 3.05) is 0 Å². The Balaban J connectivity index is 1.42. The van der Waals surface area contributed by atoms with Crippen LogP contribution in [0.5, 0.6) is 0 Å². The molecule has 0 amide bonds. The average Bonchev–Trinajstić information content (AvgIpc) is 2.89. The lowest BCUT2D eigenvalue weighted by molar-refractivity contribution is 0.0150. The molecule has 2 N–H and O–H groups in total. The molecule has 4 aromatic carbocycles. The van der Waals surface area contributed by atoms with E-state index in [0.29, 0.717) is 38.5 Å². The quantitative estimate of drug-likeness (QED) is 0.204. The van der Waals surface area contributed by atoms with E-state index in [9.17, 15) is 10.2 Å². The van der Waals surface area contributed by atoms with Crippen molar-refractivity contribution in [3.8, 4) is 0 Å². The lowest BCUT2D eigenvalue weighted by Crippen LogP contribution is -2.36. The highest BCUT2D eigenvalue weighted by Crippen LogP contribution is 2.29. The first-order chi connectivity index (χ1) is 17.5. The van der Waals surface area contributed by atoms with Crippen LogP contribution in [0.4, 0.5) is 0 Å². The topological polar surface area (TPSA) is 40.5 Å². The molecule has 0 unspecified atom stereocenters. The van der Waals surface area contributed by atoms with Crippen molar-refractivity contribution in [1.29, 1.82) is 0 Å². The smallest absolute Gasteiger partial charge is 0.0728 e. The van der Waals surface area contributed by atoms with Gasteiger partial charge in [0.15, 0.2) is 0 Å². The highest BCUT2D eigenvalue weighted by molar-refractivity contribution is 5.23. The molecule has 4 aromatic rings. The Bertz CT molecular complexity index is 963. The highest BCUT2D eigenvalue weighted by atomic mass is 16.3. The molecule has 0 aliphatic rings. The van der Waals surface area contributed by atoms with E-state index < -0.39 is 11.2 Å². The number of benzene rings is 4. The number of hydrogen-bond acceptors (Lipinski definition) is 2. The van der Waals surface area contributed by atoms with Crippen molar-refractivity contribution < 1.29 is 10.2 Å². The van der Waals surface area contributed by atoms with E-state index in [1.165, 1.54) is 0 Å². The summed E-state index contributed by atoms with van der Waals surface area (Å²) < 4.78 is 0. The van der Waals surface area contributed by atoms with Crippen molar-refractivity contribution >= 4 is 0 Å². The molecule has 2 heteroatoms. The maximum Gasteiger partial charge on any atom is 0.0728 e. The van der Waals surface area contributed by atoms with Crippen LogP contribution in [0.1, 0.15) is 47.9 Å². The molecule has 186 valence electrons. The summed E-state index contributed by atoms with van der Waals surface area (Å²) in [5.74, 6) is 0. The van der Waals surface area contributed by atoms with Crippen molar-refractivity contribution in [1.82, 2.24) is 0 Å². The fourth-order valence-corrected chi connectivity index (χ4v) is 5.29. The van der Waals surface area contributed by atoms with E-state index in [4.69, 9.17) is 0 Å². The summed E-state index contributed by atoms with van der Waals surface area (Å²) in [6.45, 7) is 0. The molecule has 2 nitrogen and oxygen atoms in total. The van der Waals surface area contributed by atoms with E-state index in [1.54, 1.807) is 0 Å². The third-order valence-corrected chi connectivity index (χ3v) is 7.04. The van der Waals surface area contributed by atoms with Gasteiger partial charge >= 0.3 is 0 Å². The second-order valence-electron chi connectivity index (χ2n) is 10.3. The van der Waals surface area contributed by atoms with Crippen LogP contribution < -0.4 is 0 Å². The molecule has 0 aliphatic carbocycles. The molecule has 0 aromatic heterocycles. The fourth-order valence-electron chi connectivity index (χ4n) is 5.29. The van der Waals surface area contributed by atoms with Gasteiger partial charge in [-0.2, -0.15) is 0 Å². The average molecular weight is 479 g/mol. The van der Waals surface area contributed by atoms with E-state index >= 15 is 0 Å². The summed E-state index contributed by atoms with van der Waals surface area (Å²) in [5, 5.41) is 23.5. The first-order valence-corrected chi connectivity index (χ1v) is 13.1. The first kappa shape index (κ1) is 25.9. The largest absolute Gasteiger partial charge is 0.389 e. The van der Waals surface area contributed by atoms with Crippen molar-refractivity contribution in [2.45, 2.75) is 62.6 Å². The summed E-state index contributed by atoms with van der Waals surface area (Å²) in [6.07, 6.45) is 5.63. The van der Waals surface area contributed by atoms with Crippen LogP contribution in [-0.2, 0) is 25.7 Å². The van der Waals surface area contributed by atoms with Gasteiger partial charge in [0, 0.05) is 25.7 Å². The number of unbranched alkanes of at least 4 members (excludes halogenated alkanes) is 1. The lowest BCUT2D eigenvalue weighted by atomic mass is 9.81. The SMILES string of the molecule is OC(CCCCC(O)(Cc1ccccc1)Cc1ccccc1)(Cc1ccccc1)Cc1ccccc1. The Hall–Kier alpha value is -3.20. The van der Waals surface area contributed by atoms with Gasteiger partial charge in [0.25, 0.3) is 0 Å². The van der Waals surface area contributed by atoms with Crippen LogP contribution in [0, 0.1) is 0 Å². The van der Waals surface area contributed by atoms with Crippen LogP contribution in [0.15, 0.2) is 121 Å². The third-order valence-electron chi connectivity index (χ3n) is 7.04. The third kappa shape index (κ3) is 8.19. The molecule has 0 bridgehead atoms. The number of aliphatic hydroxyl groups is 2. The molecule has 0 radical (unpaired) electrons. The summed E-state index contributed by atoms with van der Waals surface area (Å²) in [6, 6.07) is 41.1. The summed E-state index contributed by atoms with van der Waals surface area (Å²) in [7, 11) is 0. The zero-order valence-corrected chi connectivity index (χ0v) is 21.1. The Labute approximate surface area is 216 Å². The fraction of sp³-hybridized carbons (Fsp3) is 0.294. The molecular weight excluding hydrogens is 440 g/mol. The van der Waals surface area contributed by atoms with Gasteiger partial charge < -0.3 is 10.2 Å². The summed E-state index contributed by atoms with van der Waals surface area (Å²) in [4.78, 5) is 0. The van der Waals surface area contributed by atoms with Gasteiger partial charge in [0.05, 0.1) is 11.2 Å². The Kier molecular flexibility index (Phi) is 9.11. The molecule has 0 atom stereocenters. The zero-order valence-electron chi connectivity index (χ0n) is 21.1. The minimum Gasteiger partial charge on any atom is -0.389 e. The molecule has 0 heterocycles. The van der Waals surface area contributed by atoms with Gasteiger partial charge in [-0.3, -0.25) is 0 Å². The van der Waals surface area contributed by atoms with E-state index in [1.807, 2.05) is 72.8 Å². The minimum absolute atomic E-state index is 0.626. The van der Waals surface area contributed by atoms with Gasteiger partial charge in [-0.15, -0.1) is 0 Å². The maximum atomic E-state index is 11.8. The maximum absolute atomic E-state index is 11.8. The zero-order chi connectivity index (χ0) is 25.1. The predicted molar refractivity (Wildman–Crippen MR) is 149 cm³/mol. The monoisotopic (exact) mass is 478 g/mol. The van der Waals surface area contributed by atoms with Crippen molar-refractivity contribution in [2.24, 2.45) is 0 Å². The van der Waals surface area contributed by atoms with E-state index in [0.717, 1.165) is 35.1 Å². The van der Waals surface area contributed by atoms with E-state index in [2.05, 4.69) is 48.5 Å². The summed E-state index contributed by atoms with van der Waals surface area (Å²) in [5.41, 5.74) is 2.97. The second-order valence-corrected chi connectivity index (χ2v) is 10.3. The van der Waals surface area contributed by atoms with Gasteiger partial charge in [0.2, 0.25) is 0 Å². The van der Waals surface area contributed by atoms with Crippen LogP contribution >= 0.6 is 0 Å². The van der Waals surface area contributed by atoms with E-state index in [-0.39, 0.29) is 0 Å². The standard InChI is InChI=1S/C34H38O2/c35-33(25-29-15-5-1-6-16-29,26-30-17-7-2-8-18-30)23-13-14-24-34(36,27-31-19-9-3-10-20-31)28-32-21-11-4-12-22-32/h1-12,15-22,35-36H,13-14,23-28H2. The number of hydrogen-bond donors (Lipinski definition) is 2. The van der Waals surface area contributed by atoms with Gasteiger partial charge in [-0.25, -0.2) is 0 Å².